The number of hydrogen-bond acceptors (Lipinski definition) is 4. The number of phenols is 2. The number of carboxylic acids is 2. The molecule has 0 aromatic heterocycles. The SMILES string of the molecule is CCCCCC(c1cc(CCC(=O)O)cc(C(C)(C)CC)c1O)c1cc(CCC(=O)O)cc(C(C)(C)CC)c1O. The van der Waals surface area contributed by atoms with Gasteiger partial charge in [-0.25, -0.2) is 0 Å². The molecule has 0 aliphatic rings. The Kier molecular flexibility index (Phi) is 11.7. The Labute approximate surface area is 240 Å². The van der Waals surface area contributed by atoms with Crippen LogP contribution in [0.25, 0.3) is 0 Å². The zero-order chi connectivity index (χ0) is 30.3. The van der Waals surface area contributed by atoms with Gasteiger partial charge in [0.1, 0.15) is 11.5 Å². The summed E-state index contributed by atoms with van der Waals surface area (Å²) in [6.07, 6.45) is 5.83. The molecule has 0 spiro atoms. The molecule has 0 amide bonds. The Balaban J connectivity index is 2.90. The molecule has 0 atom stereocenters. The summed E-state index contributed by atoms with van der Waals surface area (Å²) in [5.74, 6) is -1.70. The molecule has 0 fully saturated rings. The molecule has 0 saturated heterocycles. The van der Waals surface area contributed by atoms with Crippen LogP contribution in [0.2, 0.25) is 0 Å². The van der Waals surface area contributed by atoms with Gasteiger partial charge < -0.3 is 20.4 Å². The van der Waals surface area contributed by atoms with Crippen LogP contribution in [0.15, 0.2) is 24.3 Å². The molecule has 40 heavy (non-hydrogen) atoms. The van der Waals surface area contributed by atoms with E-state index in [9.17, 15) is 30.0 Å². The molecular weight excluding hydrogens is 504 g/mol. The van der Waals surface area contributed by atoms with Gasteiger partial charge in [-0.05, 0) is 54.1 Å². The molecule has 0 aliphatic carbocycles. The molecule has 0 unspecified atom stereocenters. The molecule has 2 rings (SSSR count). The highest BCUT2D eigenvalue weighted by atomic mass is 16.4. The van der Waals surface area contributed by atoms with E-state index in [2.05, 4.69) is 48.5 Å². The molecule has 6 heteroatoms. The van der Waals surface area contributed by atoms with Crippen molar-refractivity contribution in [1.29, 1.82) is 0 Å². The average molecular weight is 555 g/mol. The maximum atomic E-state index is 11.8. The molecular formula is C34H50O6. The van der Waals surface area contributed by atoms with Gasteiger partial charge in [-0.15, -0.1) is 0 Å². The van der Waals surface area contributed by atoms with E-state index in [0.717, 1.165) is 54.4 Å². The summed E-state index contributed by atoms with van der Waals surface area (Å²) >= 11 is 0. The van der Waals surface area contributed by atoms with Crippen molar-refractivity contribution < 1.29 is 30.0 Å². The quantitative estimate of drug-likeness (QED) is 0.155. The normalized spacial score (nSPS) is 12.2. The molecule has 2 aromatic carbocycles. The third kappa shape index (κ3) is 8.25. The minimum atomic E-state index is -0.874. The van der Waals surface area contributed by atoms with E-state index in [-0.39, 0.29) is 41.1 Å². The Bertz CT molecular complexity index is 1090. The maximum Gasteiger partial charge on any atom is 0.303 e. The number of aromatic hydroxyl groups is 2. The van der Waals surface area contributed by atoms with Crippen LogP contribution in [0.3, 0.4) is 0 Å². The number of unbranched alkanes of at least 4 members (excludes halogenated alkanes) is 2. The number of aliphatic carboxylic acids is 2. The van der Waals surface area contributed by atoms with Gasteiger partial charge >= 0.3 is 11.9 Å². The second kappa shape index (κ2) is 14.0. The monoisotopic (exact) mass is 554 g/mol. The van der Waals surface area contributed by atoms with Gasteiger partial charge in [0, 0.05) is 41.0 Å². The van der Waals surface area contributed by atoms with E-state index < -0.39 is 11.9 Å². The molecule has 222 valence electrons. The van der Waals surface area contributed by atoms with Crippen LogP contribution in [-0.4, -0.2) is 32.4 Å². The smallest absolute Gasteiger partial charge is 0.303 e. The highest BCUT2D eigenvalue weighted by Crippen LogP contribution is 2.47. The van der Waals surface area contributed by atoms with Crippen LogP contribution in [0, 0.1) is 0 Å². The number of aryl methyl sites for hydroxylation is 2. The van der Waals surface area contributed by atoms with Gasteiger partial charge in [-0.1, -0.05) is 92.0 Å². The minimum Gasteiger partial charge on any atom is -0.507 e. The third-order valence-electron chi connectivity index (χ3n) is 8.73. The van der Waals surface area contributed by atoms with Gasteiger partial charge in [-0.3, -0.25) is 9.59 Å². The van der Waals surface area contributed by atoms with Gasteiger partial charge in [0.15, 0.2) is 0 Å². The lowest BCUT2D eigenvalue weighted by Gasteiger charge is -2.31. The second-order valence-electron chi connectivity index (χ2n) is 12.5. The first-order valence-corrected chi connectivity index (χ1v) is 14.8. The number of rotatable bonds is 16. The lowest BCUT2D eigenvalue weighted by molar-refractivity contribution is -0.138. The van der Waals surface area contributed by atoms with Crippen LogP contribution in [0.1, 0.15) is 139 Å². The Morgan fingerprint density at radius 3 is 1.43 bits per heavy atom. The van der Waals surface area contributed by atoms with Crippen LogP contribution in [0.5, 0.6) is 11.5 Å². The van der Waals surface area contributed by atoms with Crippen LogP contribution >= 0.6 is 0 Å². The Hall–Kier alpha value is -3.02. The van der Waals surface area contributed by atoms with E-state index in [1.54, 1.807) is 0 Å². The van der Waals surface area contributed by atoms with Gasteiger partial charge in [0.25, 0.3) is 0 Å². The summed E-state index contributed by atoms with van der Waals surface area (Å²) in [4.78, 5) is 22.8. The highest BCUT2D eigenvalue weighted by molar-refractivity contribution is 5.68. The predicted octanol–water partition coefficient (Wildman–Crippen LogP) is 8.22. The van der Waals surface area contributed by atoms with Crippen molar-refractivity contribution in [3.63, 3.8) is 0 Å². The number of carbonyl (C=O) groups is 2. The molecule has 2 aromatic rings. The van der Waals surface area contributed by atoms with Crippen molar-refractivity contribution in [3.8, 4) is 11.5 Å². The molecule has 0 aliphatic heterocycles. The molecule has 4 N–H and O–H groups in total. The van der Waals surface area contributed by atoms with E-state index in [1.165, 1.54) is 0 Å². The number of hydrogen-bond donors (Lipinski definition) is 4. The first-order chi connectivity index (χ1) is 18.7. The standard InChI is InChI=1S/C34H50O6/c1-8-11-12-13-24(25-18-22(14-16-29(35)36)20-27(31(25)39)33(4,5)9-2)26-19-23(15-17-30(37)38)21-28(32(26)40)34(6,7)10-3/h18-21,24,39-40H,8-17H2,1-7H3,(H,35,36)(H,37,38). The first kappa shape index (κ1) is 33.2. The topological polar surface area (TPSA) is 115 Å². The number of carboxylic acid groups (broad SMARTS) is 2. The van der Waals surface area contributed by atoms with Gasteiger partial charge in [-0.2, -0.15) is 0 Å². The predicted molar refractivity (Wildman–Crippen MR) is 161 cm³/mol. The Morgan fingerprint density at radius 1 is 0.700 bits per heavy atom. The summed E-state index contributed by atoms with van der Waals surface area (Å²) in [5, 5.41) is 42.3. The fourth-order valence-corrected chi connectivity index (χ4v) is 5.25. The zero-order valence-electron chi connectivity index (χ0n) is 25.6. The van der Waals surface area contributed by atoms with Crippen molar-refractivity contribution in [3.05, 3.63) is 57.6 Å². The summed E-state index contributed by atoms with van der Waals surface area (Å²) in [6, 6.07) is 7.70. The van der Waals surface area contributed by atoms with Crippen LogP contribution < -0.4 is 0 Å². The molecule has 0 bridgehead atoms. The van der Waals surface area contributed by atoms with Crippen molar-refractivity contribution in [2.24, 2.45) is 0 Å². The lowest BCUT2D eigenvalue weighted by atomic mass is 9.74. The van der Waals surface area contributed by atoms with E-state index in [4.69, 9.17) is 0 Å². The van der Waals surface area contributed by atoms with E-state index >= 15 is 0 Å². The summed E-state index contributed by atoms with van der Waals surface area (Å²) in [7, 11) is 0. The third-order valence-corrected chi connectivity index (χ3v) is 8.73. The maximum absolute atomic E-state index is 11.8. The number of phenolic OH excluding ortho intramolecular Hbond substituents is 2. The molecule has 0 heterocycles. The fourth-order valence-electron chi connectivity index (χ4n) is 5.25. The van der Waals surface area contributed by atoms with Gasteiger partial charge in [0.2, 0.25) is 0 Å². The first-order valence-electron chi connectivity index (χ1n) is 14.8. The fraction of sp³-hybridized carbons (Fsp3) is 0.588. The zero-order valence-corrected chi connectivity index (χ0v) is 25.6. The lowest BCUT2D eigenvalue weighted by Crippen LogP contribution is -2.19. The summed E-state index contributed by atoms with van der Waals surface area (Å²) in [6.45, 7) is 14.6. The van der Waals surface area contributed by atoms with E-state index in [0.29, 0.717) is 30.4 Å². The Morgan fingerprint density at radius 2 is 1.10 bits per heavy atom. The largest absolute Gasteiger partial charge is 0.507 e. The van der Waals surface area contributed by atoms with Crippen LogP contribution in [-0.2, 0) is 33.3 Å². The van der Waals surface area contributed by atoms with E-state index in [1.807, 2.05) is 24.3 Å². The van der Waals surface area contributed by atoms with Crippen molar-refractivity contribution in [2.75, 3.05) is 0 Å². The highest BCUT2D eigenvalue weighted by Gasteiger charge is 2.31. The van der Waals surface area contributed by atoms with Crippen molar-refractivity contribution in [1.82, 2.24) is 0 Å². The van der Waals surface area contributed by atoms with Crippen molar-refractivity contribution >= 4 is 11.9 Å². The van der Waals surface area contributed by atoms with Crippen molar-refractivity contribution in [2.45, 2.75) is 129 Å². The summed E-state index contributed by atoms with van der Waals surface area (Å²) < 4.78 is 0. The minimum absolute atomic E-state index is 0.0124. The molecule has 0 saturated carbocycles. The summed E-state index contributed by atoms with van der Waals surface area (Å²) in [5.41, 5.74) is 3.97. The molecule has 6 nitrogen and oxygen atoms in total. The molecule has 0 radical (unpaired) electrons. The van der Waals surface area contributed by atoms with Gasteiger partial charge in [0.05, 0.1) is 0 Å². The second-order valence-corrected chi connectivity index (χ2v) is 12.5. The average Bonchev–Trinajstić information content (AvgIpc) is 2.90. The van der Waals surface area contributed by atoms with Crippen LogP contribution in [0.4, 0.5) is 0 Å². The number of benzene rings is 2.